The number of aliphatic hydroxyl groups is 1. The molecule has 2 aliphatic heterocycles. The van der Waals surface area contributed by atoms with Gasteiger partial charge in [-0.15, -0.1) is 0 Å². The van der Waals surface area contributed by atoms with Crippen LogP contribution in [0.1, 0.15) is 32.6 Å². The van der Waals surface area contributed by atoms with Gasteiger partial charge in [0.2, 0.25) is 0 Å². The molecule has 0 aliphatic carbocycles. The molecule has 2 rings (SSSR count). The number of rotatable bonds is 5. The third kappa shape index (κ3) is 3.91. The van der Waals surface area contributed by atoms with E-state index in [1.807, 2.05) is 0 Å². The van der Waals surface area contributed by atoms with Crippen molar-refractivity contribution in [3.63, 3.8) is 0 Å². The van der Waals surface area contributed by atoms with E-state index in [1.54, 1.807) is 0 Å². The van der Waals surface area contributed by atoms with E-state index in [0.29, 0.717) is 6.10 Å². The SMILES string of the molecule is CCN(CC1CCCO1)CC1(O)CCNCC1. The van der Waals surface area contributed by atoms with Gasteiger partial charge in [0, 0.05) is 19.7 Å². The first kappa shape index (κ1) is 13.3. The van der Waals surface area contributed by atoms with Crippen LogP contribution in [0.25, 0.3) is 0 Å². The maximum absolute atomic E-state index is 10.5. The summed E-state index contributed by atoms with van der Waals surface area (Å²) in [4.78, 5) is 2.35. The van der Waals surface area contributed by atoms with Gasteiger partial charge in [-0.2, -0.15) is 0 Å². The minimum atomic E-state index is -0.486. The monoisotopic (exact) mass is 242 g/mol. The second-order valence-electron chi connectivity index (χ2n) is 5.44. The van der Waals surface area contributed by atoms with E-state index in [1.165, 1.54) is 12.8 Å². The molecule has 4 nitrogen and oxygen atoms in total. The van der Waals surface area contributed by atoms with Crippen LogP contribution in [0, 0.1) is 0 Å². The average molecular weight is 242 g/mol. The Kier molecular flexibility index (Phi) is 4.79. The molecule has 1 unspecified atom stereocenters. The summed E-state index contributed by atoms with van der Waals surface area (Å²) in [7, 11) is 0. The van der Waals surface area contributed by atoms with Gasteiger partial charge in [-0.05, 0) is 45.3 Å². The van der Waals surface area contributed by atoms with Gasteiger partial charge in [-0.3, -0.25) is 4.90 Å². The van der Waals surface area contributed by atoms with Crippen LogP contribution in [0.15, 0.2) is 0 Å². The molecule has 4 heteroatoms. The first-order chi connectivity index (χ1) is 8.22. The Hall–Kier alpha value is -0.160. The second-order valence-corrected chi connectivity index (χ2v) is 5.44. The van der Waals surface area contributed by atoms with Crippen molar-refractivity contribution in [1.29, 1.82) is 0 Å². The Morgan fingerprint density at radius 1 is 1.41 bits per heavy atom. The van der Waals surface area contributed by atoms with Crippen LogP contribution < -0.4 is 5.32 Å². The molecule has 2 N–H and O–H groups in total. The lowest BCUT2D eigenvalue weighted by Gasteiger charge is -2.37. The third-order valence-electron chi connectivity index (χ3n) is 3.99. The van der Waals surface area contributed by atoms with Crippen LogP contribution in [0.5, 0.6) is 0 Å². The van der Waals surface area contributed by atoms with Crippen LogP contribution in [-0.2, 0) is 4.74 Å². The lowest BCUT2D eigenvalue weighted by molar-refractivity contribution is -0.0304. The van der Waals surface area contributed by atoms with Gasteiger partial charge >= 0.3 is 0 Å². The summed E-state index contributed by atoms with van der Waals surface area (Å²) in [5.74, 6) is 0. The highest BCUT2D eigenvalue weighted by atomic mass is 16.5. The normalized spacial score (nSPS) is 28.8. The Balaban J connectivity index is 1.80. The molecule has 100 valence electrons. The average Bonchev–Trinajstić information content (AvgIpc) is 2.81. The lowest BCUT2D eigenvalue weighted by Crippen LogP contribution is -2.50. The Labute approximate surface area is 104 Å². The maximum Gasteiger partial charge on any atom is 0.0798 e. The van der Waals surface area contributed by atoms with Crippen LogP contribution >= 0.6 is 0 Å². The predicted octanol–water partition coefficient (Wildman–Crippen LogP) is 0.602. The van der Waals surface area contributed by atoms with Crippen molar-refractivity contribution in [2.45, 2.75) is 44.3 Å². The molecular formula is C13H26N2O2. The summed E-state index contributed by atoms with van der Waals surface area (Å²) in [6.45, 7) is 7.73. The molecule has 0 saturated carbocycles. The van der Waals surface area contributed by atoms with Gasteiger partial charge in [0.1, 0.15) is 0 Å². The number of hydrogen-bond donors (Lipinski definition) is 2. The van der Waals surface area contributed by atoms with Gasteiger partial charge in [-0.1, -0.05) is 6.92 Å². The van der Waals surface area contributed by atoms with Crippen LogP contribution in [0.2, 0.25) is 0 Å². The largest absolute Gasteiger partial charge is 0.388 e. The lowest BCUT2D eigenvalue weighted by atomic mass is 9.91. The van der Waals surface area contributed by atoms with Gasteiger partial charge < -0.3 is 15.2 Å². The summed E-state index contributed by atoms with van der Waals surface area (Å²) in [5, 5.41) is 13.8. The fourth-order valence-electron chi connectivity index (χ4n) is 2.85. The van der Waals surface area contributed by atoms with Crippen molar-refractivity contribution in [2.75, 3.05) is 39.3 Å². The Morgan fingerprint density at radius 3 is 2.76 bits per heavy atom. The van der Waals surface area contributed by atoms with Crippen molar-refractivity contribution in [1.82, 2.24) is 10.2 Å². The third-order valence-corrected chi connectivity index (χ3v) is 3.99. The summed E-state index contributed by atoms with van der Waals surface area (Å²) < 4.78 is 5.67. The summed E-state index contributed by atoms with van der Waals surface area (Å²) in [5.41, 5.74) is -0.486. The van der Waals surface area contributed by atoms with Crippen LogP contribution in [0.4, 0.5) is 0 Å². The Bertz CT molecular complexity index is 223. The molecule has 2 heterocycles. The van der Waals surface area contributed by atoms with E-state index in [0.717, 1.165) is 52.2 Å². The van der Waals surface area contributed by atoms with Crippen molar-refractivity contribution in [2.24, 2.45) is 0 Å². The molecule has 2 fully saturated rings. The van der Waals surface area contributed by atoms with Gasteiger partial charge in [0.05, 0.1) is 11.7 Å². The highest BCUT2D eigenvalue weighted by Gasteiger charge is 2.31. The quantitative estimate of drug-likeness (QED) is 0.741. The highest BCUT2D eigenvalue weighted by Crippen LogP contribution is 2.21. The minimum absolute atomic E-state index is 0.389. The van der Waals surface area contributed by atoms with Crippen molar-refractivity contribution >= 4 is 0 Å². The number of piperidine rings is 1. The molecule has 2 saturated heterocycles. The molecule has 2 aliphatic rings. The predicted molar refractivity (Wildman–Crippen MR) is 68.1 cm³/mol. The van der Waals surface area contributed by atoms with Gasteiger partial charge in [0.15, 0.2) is 0 Å². The maximum atomic E-state index is 10.5. The standard InChI is InChI=1S/C13H26N2O2/c1-2-15(10-12-4-3-9-17-12)11-13(16)5-7-14-8-6-13/h12,14,16H,2-11H2,1H3. The molecule has 0 aromatic rings. The topological polar surface area (TPSA) is 44.7 Å². The molecule has 0 spiro atoms. The summed E-state index contributed by atoms with van der Waals surface area (Å²) >= 11 is 0. The van der Waals surface area contributed by atoms with E-state index in [4.69, 9.17) is 4.74 Å². The number of nitrogens with one attached hydrogen (secondary N) is 1. The summed E-state index contributed by atoms with van der Waals surface area (Å²) in [6, 6.07) is 0. The van der Waals surface area contributed by atoms with Gasteiger partial charge in [0.25, 0.3) is 0 Å². The van der Waals surface area contributed by atoms with Crippen molar-refractivity contribution in [3.05, 3.63) is 0 Å². The van der Waals surface area contributed by atoms with Crippen molar-refractivity contribution in [3.8, 4) is 0 Å². The molecule has 0 aromatic heterocycles. The molecular weight excluding hydrogens is 216 g/mol. The molecule has 1 atom stereocenters. The van der Waals surface area contributed by atoms with Crippen LogP contribution in [0.3, 0.4) is 0 Å². The molecule has 0 amide bonds. The zero-order valence-corrected chi connectivity index (χ0v) is 11.0. The van der Waals surface area contributed by atoms with E-state index in [2.05, 4.69) is 17.1 Å². The molecule has 0 bridgehead atoms. The number of ether oxygens (including phenoxy) is 1. The van der Waals surface area contributed by atoms with Crippen LogP contribution in [-0.4, -0.2) is 61.0 Å². The van der Waals surface area contributed by atoms with Gasteiger partial charge in [-0.25, -0.2) is 0 Å². The zero-order valence-electron chi connectivity index (χ0n) is 11.0. The Morgan fingerprint density at radius 2 is 2.18 bits per heavy atom. The first-order valence-corrected chi connectivity index (χ1v) is 6.99. The highest BCUT2D eigenvalue weighted by molar-refractivity contribution is 4.88. The van der Waals surface area contributed by atoms with E-state index in [-0.39, 0.29) is 0 Å². The van der Waals surface area contributed by atoms with Crippen molar-refractivity contribution < 1.29 is 9.84 Å². The van der Waals surface area contributed by atoms with E-state index >= 15 is 0 Å². The van der Waals surface area contributed by atoms with E-state index < -0.39 is 5.60 Å². The minimum Gasteiger partial charge on any atom is -0.388 e. The second kappa shape index (κ2) is 6.14. The number of likely N-dealkylation sites (N-methyl/N-ethyl adjacent to an activating group) is 1. The summed E-state index contributed by atoms with van der Waals surface area (Å²) in [6.07, 6.45) is 4.50. The molecule has 0 aromatic carbocycles. The van der Waals surface area contributed by atoms with E-state index in [9.17, 15) is 5.11 Å². The fraction of sp³-hybridized carbons (Fsp3) is 1.00. The molecule has 0 radical (unpaired) electrons. The molecule has 17 heavy (non-hydrogen) atoms. The fourth-order valence-corrected chi connectivity index (χ4v) is 2.85. The number of hydrogen-bond acceptors (Lipinski definition) is 4. The number of nitrogens with zero attached hydrogens (tertiary/aromatic N) is 1. The smallest absolute Gasteiger partial charge is 0.0798 e. The first-order valence-electron chi connectivity index (χ1n) is 6.99. The zero-order chi connectivity index (χ0) is 12.1.